The molecule has 7 heteroatoms. The maximum Gasteiger partial charge on any atom is 0.246 e. The van der Waals surface area contributed by atoms with Crippen molar-refractivity contribution in [1.29, 1.82) is 5.26 Å². The van der Waals surface area contributed by atoms with E-state index in [9.17, 15) is 10.1 Å². The van der Waals surface area contributed by atoms with E-state index < -0.39 is 5.41 Å². The van der Waals surface area contributed by atoms with Gasteiger partial charge in [-0.25, -0.2) is 4.98 Å². The number of nitriles is 1. The minimum Gasteiger partial charge on any atom is -0.486 e. The predicted octanol–water partition coefficient (Wildman–Crippen LogP) is 2.70. The molecule has 2 aliphatic rings. The molecule has 22 heavy (non-hydrogen) atoms. The van der Waals surface area contributed by atoms with E-state index in [1.54, 1.807) is 0 Å². The number of nitrogens with one attached hydrogen (secondary N) is 1. The summed E-state index contributed by atoms with van der Waals surface area (Å²) in [7, 11) is 0. The molecule has 2 aromatic rings. The highest BCUT2D eigenvalue weighted by molar-refractivity contribution is 7.22. The van der Waals surface area contributed by atoms with E-state index in [1.165, 1.54) is 11.3 Å². The Kier molecular flexibility index (Phi) is 2.94. The number of hydrogen-bond acceptors (Lipinski definition) is 6. The molecule has 1 aromatic heterocycles. The first kappa shape index (κ1) is 13.3. The Morgan fingerprint density at radius 1 is 1.32 bits per heavy atom. The lowest BCUT2D eigenvalue weighted by Crippen LogP contribution is -2.40. The highest BCUT2D eigenvalue weighted by Crippen LogP contribution is 2.42. The van der Waals surface area contributed by atoms with Crippen LogP contribution >= 0.6 is 11.3 Å². The molecule has 6 nitrogen and oxygen atoms in total. The van der Waals surface area contributed by atoms with Gasteiger partial charge in [-0.05, 0) is 19.3 Å². The third-order valence-electron chi connectivity index (χ3n) is 4.13. The number of benzene rings is 1. The van der Waals surface area contributed by atoms with Crippen molar-refractivity contribution in [2.45, 2.75) is 19.3 Å². The van der Waals surface area contributed by atoms with Gasteiger partial charge >= 0.3 is 0 Å². The standard InChI is InChI=1S/C15H13N3O3S/c16-8-15(2-1-3-15)13(19)18-14-17-9-6-10-11(7-12(9)22-14)21-5-4-20-10/h6-7H,1-5H2,(H,17,18,19). The fourth-order valence-electron chi connectivity index (χ4n) is 2.66. The zero-order valence-electron chi connectivity index (χ0n) is 11.7. The number of amides is 1. The van der Waals surface area contributed by atoms with Crippen LogP contribution in [-0.2, 0) is 4.79 Å². The molecule has 0 radical (unpaired) electrons. The second-order valence-corrected chi connectivity index (χ2v) is 6.51. The van der Waals surface area contributed by atoms with Crippen molar-refractivity contribution in [2.24, 2.45) is 5.41 Å². The van der Waals surface area contributed by atoms with Gasteiger partial charge in [0.25, 0.3) is 0 Å². The normalized spacial score (nSPS) is 18.3. The number of ether oxygens (including phenoxy) is 2. The van der Waals surface area contributed by atoms with Crippen LogP contribution in [0.15, 0.2) is 12.1 Å². The number of aromatic nitrogens is 1. The maximum absolute atomic E-state index is 12.3. The first-order valence-corrected chi connectivity index (χ1v) is 7.95. The van der Waals surface area contributed by atoms with E-state index in [0.717, 1.165) is 16.6 Å². The molecule has 0 saturated heterocycles. The molecule has 0 bridgehead atoms. The number of anilines is 1. The predicted molar refractivity (Wildman–Crippen MR) is 81.1 cm³/mol. The van der Waals surface area contributed by atoms with Gasteiger partial charge in [-0.15, -0.1) is 0 Å². The summed E-state index contributed by atoms with van der Waals surface area (Å²) >= 11 is 1.37. The average molecular weight is 315 g/mol. The Bertz CT molecular complexity index is 761. The van der Waals surface area contributed by atoms with Crippen LogP contribution in [0.5, 0.6) is 11.5 Å². The number of carbonyl (C=O) groups is 1. The molecule has 1 amide bonds. The summed E-state index contributed by atoms with van der Waals surface area (Å²) in [5.74, 6) is 1.12. The molecule has 1 aromatic carbocycles. The van der Waals surface area contributed by atoms with Crippen molar-refractivity contribution in [3.63, 3.8) is 0 Å². The molecule has 0 spiro atoms. The number of carbonyl (C=O) groups excluding carboxylic acids is 1. The quantitative estimate of drug-likeness (QED) is 0.921. The van der Waals surface area contributed by atoms with Crippen LogP contribution in [0.3, 0.4) is 0 Å². The Morgan fingerprint density at radius 2 is 2.05 bits per heavy atom. The van der Waals surface area contributed by atoms with Crippen molar-refractivity contribution in [3.05, 3.63) is 12.1 Å². The first-order valence-electron chi connectivity index (χ1n) is 7.13. The number of thiazole rings is 1. The van der Waals surface area contributed by atoms with Crippen LogP contribution in [-0.4, -0.2) is 24.1 Å². The van der Waals surface area contributed by atoms with Gasteiger partial charge < -0.3 is 14.8 Å². The van der Waals surface area contributed by atoms with Gasteiger partial charge in [0.1, 0.15) is 18.6 Å². The monoisotopic (exact) mass is 315 g/mol. The summed E-state index contributed by atoms with van der Waals surface area (Å²) in [6, 6.07) is 5.83. The van der Waals surface area contributed by atoms with Gasteiger partial charge in [0.05, 0.1) is 16.3 Å². The summed E-state index contributed by atoms with van der Waals surface area (Å²) in [5.41, 5.74) is -0.118. The van der Waals surface area contributed by atoms with Crippen LogP contribution in [0.2, 0.25) is 0 Å². The molecular formula is C15H13N3O3S. The van der Waals surface area contributed by atoms with Crippen LogP contribution < -0.4 is 14.8 Å². The molecule has 1 saturated carbocycles. The van der Waals surface area contributed by atoms with Crippen LogP contribution in [0.1, 0.15) is 19.3 Å². The van der Waals surface area contributed by atoms with Gasteiger partial charge in [0, 0.05) is 12.1 Å². The highest BCUT2D eigenvalue weighted by Gasteiger charge is 2.44. The Labute approximate surface area is 130 Å². The number of hydrogen-bond donors (Lipinski definition) is 1. The molecule has 0 atom stereocenters. The Balaban J connectivity index is 1.63. The molecule has 2 heterocycles. The third kappa shape index (κ3) is 1.99. The summed E-state index contributed by atoms with van der Waals surface area (Å²) in [6.45, 7) is 1.06. The number of rotatable bonds is 2. The Hall–Kier alpha value is -2.33. The zero-order chi connectivity index (χ0) is 15.2. The van der Waals surface area contributed by atoms with Crippen molar-refractivity contribution >= 4 is 32.6 Å². The van der Waals surface area contributed by atoms with Crippen molar-refractivity contribution in [2.75, 3.05) is 18.5 Å². The SMILES string of the molecule is N#CC1(C(=O)Nc2nc3cc4c(cc3s2)OCCO4)CCC1. The highest BCUT2D eigenvalue weighted by atomic mass is 32.1. The fourth-order valence-corrected chi connectivity index (χ4v) is 3.53. The Morgan fingerprint density at radius 3 is 2.68 bits per heavy atom. The van der Waals surface area contributed by atoms with E-state index >= 15 is 0 Å². The van der Waals surface area contributed by atoms with Crippen LogP contribution in [0, 0.1) is 16.7 Å². The van der Waals surface area contributed by atoms with Gasteiger partial charge in [0.2, 0.25) is 5.91 Å². The first-order chi connectivity index (χ1) is 10.7. The maximum atomic E-state index is 12.3. The summed E-state index contributed by atoms with van der Waals surface area (Å²) in [6.07, 6.45) is 2.16. The minimum absolute atomic E-state index is 0.252. The van der Waals surface area contributed by atoms with Crippen molar-refractivity contribution in [1.82, 2.24) is 4.98 Å². The largest absolute Gasteiger partial charge is 0.486 e. The topological polar surface area (TPSA) is 84.2 Å². The third-order valence-corrected chi connectivity index (χ3v) is 5.06. The van der Waals surface area contributed by atoms with Crippen molar-refractivity contribution < 1.29 is 14.3 Å². The van der Waals surface area contributed by atoms with E-state index in [4.69, 9.17) is 9.47 Å². The van der Waals surface area contributed by atoms with Gasteiger partial charge in [0.15, 0.2) is 16.6 Å². The second-order valence-electron chi connectivity index (χ2n) is 5.48. The summed E-state index contributed by atoms with van der Waals surface area (Å²) < 4.78 is 12.0. The van der Waals surface area contributed by atoms with Gasteiger partial charge in [-0.1, -0.05) is 11.3 Å². The van der Waals surface area contributed by atoms with Crippen molar-refractivity contribution in [3.8, 4) is 17.6 Å². The lowest BCUT2D eigenvalue weighted by molar-refractivity contribution is -0.126. The smallest absolute Gasteiger partial charge is 0.246 e. The molecular weight excluding hydrogens is 302 g/mol. The molecule has 1 fully saturated rings. The minimum atomic E-state index is -0.872. The molecule has 1 aliphatic heterocycles. The van der Waals surface area contributed by atoms with E-state index in [-0.39, 0.29) is 5.91 Å². The molecule has 4 rings (SSSR count). The van der Waals surface area contributed by atoms with Gasteiger partial charge in [-0.2, -0.15) is 5.26 Å². The summed E-state index contributed by atoms with van der Waals surface area (Å²) in [5, 5.41) is 12.5. The molecule has 1 aliphatic carbocycles. The zero-order valence-corrected chi connectivity index (χ0v) is 12.5. The number of nitrogens with zero attached hydrogens (tertiary/aromatic N) is 2. The van der Waals surface area contributed by atoms with E-state index in [0.29, 0.717) is 42.7 Å². The van der Waals surface area contributed by atoms with E-state index in [1.807, 2.05) is 12.1 Å². The lowest BCUT2D eigenvalue weighted by Gasteiger charge is -2.32. The van der Waals surface area contributed by atoms with Gasteiger partial charge in [-0.3, -0.25) is 4.79 Å². The fraction of sp³-hybridized carbons (Fsp3) is 0.400. The van der Waals surface area contributed by atoms with E-state index in [2.05, 4.69) is 16.4 Å². The average Bonchev–Trinajstić information content (AvgIpc) is 2.85. The van der Waals surface area contributed by atoms with Crippen LogP contribution in [0.4, 0.5) is 5.13 Å². The number of fused-ring (bicyclic) bond motifs is 2. The molecule has 112 valence electrons. The molecule has 1 N–H and O–H groups in total. The summed E-state index contributed by atoms with van der Waals surface area (Å²) in [4.78, 5) is 16.7. The second kappa shape index (κ2) is 4.85. The van der Waals surface area contributed by atoms with Crippen LogP contribution in [0.25, 0.3) is 10.2 Å². The lowest BCUT2D eigenvalue weighted by atomic mass is 9.69. The molecule has 0 unspecified atom stereocenters.